The summed E-state index contributed by atoms with van der Waals surface area (Å²) in [5.41, 5.74) is 1.47. The van der Waals surface area contributed by atoms with Gasteiger partial charge in [0.15, 0.2) is 5.16 Å². The van der Waals surface area contributed by atoms with Crippen molar-refractivity contribution in [3.05, 3.63) is 39.5 Å². The standard InChI is InChI=1S/C13H10BrN5OS/c14-7-5-9-11(16-6-7)10(3-4-15-9)21-13-18-17-12(20)19(13)8-1-2-8/h3-6,8H,1-2H2,(H,17,20). The predicted octanol–water partition coefficient (Wildman–Crippen LogP) is 2.76. The molecule has 0 unspecified atom stereocenters. The van der Waals surface area contributed by atoms with Crippen LogP contribution in [0.5, 0.6) is 0 Å². The van der Waals surface area contributed by atoms with Gasteiger partial charge in [-0.3, -0.25) is 14.5 Å². The maximum absolute atomic E-state index is 11.8. The normalized spacial score (nSPS) is 14.7. The molecule has 1 saturated carbocycles. The Morgan fingerprint density at radius 3 is 3.05 bits per heavy atom. The van der Waals surface area contributed by atoms with Gasteiger partial charge in [0, 0.05) is 27.8 Å². The number of nitrogens with one attached hydrogen (secondary N) is 1. The summed E-state index contributed by atoms with van der Waals surface area (Å²) < 4.78 is 2.62. The number of aromatic amines is 1. The van der Waals surface area contributed by atoms with Gasteiger partial charge in [0.1, 0.15) is 5.52 Å². The minimum atomic E-state index is -0.144. The topological polar surface area (TPSA) is 76.5 Å². The summed E-state index contributed by atoms with van der Waals surface area (Å²) in [6.07, 6.45) is 5.56. The van der Waals surface area contributed by atoms with Crippen molar-refractivity contribution in [3.63, 3.8) is 0 Å². The zero-order chi connectivity index (χ0) is 14.4. The average molecular weight is 364 g/mol. The number of hydrogen-bond acceptors (Lipinski definition) is 5. The van der Waals surface area contributed by atoms with Gasteiger partial charge in [-0.25, -0.2) is 9.89 Å². The number of rotatable bonds is 3. The molecule has 106 valence electrons. The van der Waals surface area contributed by atoms with Gasteiger partial charge in [-0.15, -0.1) is 5.10 Å². The van der Waals surface area contributed by atoms with Crippen LogP contribution in [0.2, 0.25) is 0 Å². The molecule has 6 nitrogen and oxygen atoms in total. The molecule has 0 radical (unpaired) electrons. The Labute approximate surface area is 132 Å². The lowest BCUT2D eigenvalue weighted by Crippen LogP contribution is -2.16. The molecule has 1 aliphatic carbocycles. The molecule has 1 N–H and O–H groups in total. The van der Waals surface area contributed by atoms with Crippen LogP contribution in [-0.4, -0.2) is 24.7 Å². The zero-order valence-corrected chi connectivity index (χ0v) is 13.2. The van der Waals surface area contributed by atoms with Crippen molar-refractivity contribution in [1.29, 1.82) is 0 Å². The molecule has 0 aliphatic heterocycles. The summed E-state index contributed by atoms with van der Waals surface area (Å²) in [5.74, 6) is 0. The maximum Gasteiger partial charge on any atom is 0.344 e. The second-order valence-electron chi connectivity index (χ2n) is 4.84. The number of H-pyrrole nitrogens is 1. The molecule has 0 aromatic carbocycles. The molecule has 0 spiro atoms. The molecular formula is C13H10BrN5OS. The SMILES string of the molecule is O=c1[nH]nc(Sc2ccnc3cc(Br)cnc23)n1C1CC1. The first kappa shape index (κ1) is 13.0. The number of fused-ring (bicyclic) bond motifs is 1. The van der Waals surface area contributed by atoms with Crippen molar-refractivity contribution in [2.75, 3.05) is 0 Å². The summed E-state index contributed by atoms with van der Waals surface area (Å²) in [7, 11) is 0. The quantitative estimate of drug-likeness (QED) is 0.773. The van der Waals surface area contributed by atoms with Gasteiger partial charge in [-0.05, 0) is 52.7 Å². The smallest absolute Gasteiger partial charge is 0.267 e. The molecule has 3 heterocycles. The van der Waals surface area contributed by atoms with Gasteiger partial charge in [0.05, 0.1) is 5.52 Å². The molecule has 0 atom stereocenters. The van der Waals surface area contributed by atoms with E-state index in [-0.39, 0.29) is 11.7 Å². The van der Waals surface area contributed by atoms with E-state index in [0.717, 1.165) is 33.2 Å². The summed E-state index contributed by atoms with van der Waals surface area (Å²) >= 11 is 4.84. The fourth-order valence-electron chi connectivity index (χ4n) is 2.18. The van der Waals surface area contributed by atoms with Crippen LogP contribution in [0, 0.1) is 0 Å². The van der Waals surface area contributed by atoms with Crippen LogP contribution >= 0.6 is 27.7 Å². The first-order valence-corrected chi connectivity index (χ1v) is 8.08. The van der Waals surface area contributed by atoms with Crippen molar-refractivity contribution in [3.8, 4) is 0 Å². The van der Waals surface area contributed by atoms with E-state index in [1.807, 2.05) is 12.1 Å². The minimum absolute atomic E-state index is 0.144. The largest absolute Gasteiger partial charge is 0.344 e. The van der Waals surface area contributed by atoms with E-state index in [0.29, 0.717) is 5.16 Å². The number of hydrogen-bond donors (Lipinski definition) is 1. The second kappa shape index (κ2) is 4.96. The Hall–Kier alpha value is -1.67. The van der Waals surface area contributed by atoms with Crippen LogP contribution < -0.4 is 5.69 Å². The monoisotopic (exact) mass is 363 g/mol. The molecule has 0 saturated heterocycles. The fraction of sp³-hybridized carbons (Fsp3) is 0.231. The number of halogens is 1. The Morgan fingerprint density at radius 1 is 1.38 bits per heavy atom. The van der Waals surface area contributed by atoms with Crippen molar-refractivity contribution in [1.82, 2.24) is 24.7 Å². The van der Waals surface area contributed by atoms with Crippen LogP contribution in [0.15, 0.2) is 43.8 Å². The summed E-state index contributed by atoms with van der Waals surface area (Å²) in [6.45, 7) is 0. The maximum atomic E-state index is 11.8. The van der Waals surface area contributed by atoms with Crippen LogP contribution in [0.25, 0.3) is 11.0 Å². The van der Waals surface area contributed by atoms with Crippen molar-refractivity contribution >= 4 is 38.7 Å². The van der Waals surface area contributed by atoms with E-state index in [1.54, 1.807) is 17.0 Å². The first-order chi connectivity index (χ1) is 10.2. The highest BCUT2D eigenvalue weighted by molar-refractivity contribution is 9.10. The highest BCUT2D eigenvalue weighted by Crippen LogP contribution is 2.38. The van der Waals surface area contributed by atoms with Gasteiger partial charge >= 0.3 is 5.69 Å². The first-order valence-electron chi connectivity index (χ1n) is 6.47. The lowest BCUT2D eigenvalue weighted by molar-refractivity contribution is 0.642. The van der Waals surface area contributed by atoms with Crippen LogP contribution in [0.3, 0.4) is 0 Å². The lowest BCUT2D eigenvalue weighted by atomic mass is 10.3. The van der Waals surface area contributed by atoms with Gasteiger partial charge in [0.25, 0.3) is 0 Å². The van der Waals surface area contributed by atoms with E-state index in [9.17, 15) is 4.79 Å². The van der Waals surface area contributed by atoms with Crippen molar-refractivity contribution in [2.45, 2.75) is 28.9 Å². The Kier molecular flexibility index (Phi) is 3.07. The fourth-order valence-corrected chi connectivity index (χ4v) is 3.50. The second-order valence-corrected chi connectivity index (χ2v) is 6.77. The average Bonchev–Trinajstić information content (AvgIpc) is 3.24. The predicted molar refractivity (Wildman–Crippen MR) is 82.5 cm³/mol. The van der Waals surface area contributed by atoms with E-state index < -0.39 is 0 Å². The summed E-state index contributed by atoms with van der Waals surface area (Å²) in [5, 5.41) is 7.34. The molecule has 21 heavy (non-hydrogen) atoms. The zero-order valence-electron chi connectivity index (χ0n) is 10.8. The molecule has 0 amide bonds. The van der Waals surface area contributed by atoms with E-state index in [2.05, 4.69) is 36.1 Å². The number of aromatic nitrogens is 5. The molecule has 4 rings (SSSR count). The molecule has 1 aliphatic rings. The highest BCUT2D eigenvalue weighted by Gasteiger charge is 2.29. The van der Waals surface area contributed by atoms with Gasteiger partial charge in [-0.1, -0.05) is 0 Å². The Bertz CT molecular complexity index is 886. The summed E-state index contributed by atoms with van der Waals surface area (Å²) in [6, 6.07) is 4.10. The van der Waals surface area contributed by atoms with Crippen molar-refractivity contribution in [2.24, 2.45) is 0 Å². The third kappa shape index (κ3) is 2.38. The minimum Gasteiger partial charge on any atom is -0.267 e. The van der Waals surface area contributed by atoms with Crippen LogP contribution in [-0.2, 0) is 0 Å². The van der Waals surface area contributed by atoms with Crippen molar-refractivity contribution < 1.29 is 0 Å². The molecular weight excluding hydrogens is 354 g/mol. The Balaban J connectivity index is 1.79. The molecule has 3 aromatic heterocycles. The lowest BCUT2D eigenvalue weighted by Gasteiger charge is -2.05. The van der Waals surface area contributed by atoms with Gasteiger partial charge in [0.2, 0.25) is 0 Å². The molecule has 0 bridgehead atoms. The molecule has 1 fully saturated rings. The third-order valence-corrected chi connectivity index (χ3v) is 4.75. The Morgan fingerprint density at radius 2 is 2.24 bits per heavy atom. The summed E-state index contributed by atoms with van der Waals surface area (Å²) in [4.78, 5) is 21.5. The van der Waals surface area contributed by atoms with Gasteiger partial charge < -0.3 is 0 Å². The van der Waals surface area contributed by atoms with Gasteiger partial charge in [-0.2, -0.15) is 0 Å². The van der Waals surface area contributed by atoms with E-state index in [1.165, 1.54) is 11.8 Å². The van der Waals surface area contributed by atoms with E-state index >= 15 is 0 Å². The van der Waals surface area contributed by atoms with Crippen LogP contribution in [0.4, 0.5) is 0 Å². The van der Waals surface area contributed by atoms with Crippen LogP contribution in [0.1, 0.15) is 18.9 Å². The molecule has 8 heteroatoms. The molecule has 3 aromatic rings. The van der Waals surface area contributed by atoms with E-state index in [4.69, 9.17) is 0 Å². The number of pyridine rings is 2. The third-order valence-electron chi connectivity index (χ3n) is 3.29. The highest BCUT2D eigenvalue weighted by atomic mass is 79.9. The number of nitrogens with zero attached hydrogens (tertiary/aromatic N) is 4.